The summed E-state index contributed by atoms with van der Waals surface area (Å²) < 4.78 is 43.4. The molecule has 0 aliphatic heterocycles. The molecule has 2 rings (SSSR count). The lowest BCUT2D eigenvalue weighted by atomic mass is 10.0. The van der Waals surface area contributed by atoms with Crippen molar-refractivity contribution in [2.75, 3.05) is 6.26 Å². The molecule has 124 valence electrons. The number of sulfonamides is 1. The number of rotatable bonds is 7. The van der Waals surface area contributed by atoms with Crippen molar-refractivity contribution in [3.63, 3.8) is 0 Å². The first kappa shape index (κ1) is 17.2. The third kappa shape index (κ3) is 5.84. The summed E-state index contributed by atoms with van der Waals surface area (Å²) >= 11 is 0. The van der Waals surface area contributed by atoms with E-state index in [4.69, 9.17) is 4.42 Å². The summed E-state index contributed by atoms with van der Waals surface area (Å²) in [5, 5.41) is 2.64. The SMILES string of the molecule is CS(=O)(=O)N[C@H](CC(=O)NCc1ccco1)c1ccc(F)cc1. The van der Waals surface area contributed by atoms with Crippen LogP contribution in [0.2, 0.25) is 0 Å². The topological polar surface area (TPSA) is 88.4 Å². The van der Waals surface area contributed by atoms with E-state index in [0.717, 1.165) is 6.26 Å². The molecule has 6 nitrogen and oxygen atoms in total. The highest BCUT2D eigenvalue weighted by molar-refractivity contribution is 7.88. The van der Waals surface area contributed by atoms with Gasteiger partial charge in [0.2, 0.25) is 15.9 Å². The second kappa shape index (κ2) is 7.38. The Morgan fingerprint density at radius 1 is 1.26 bits per heavy atom. The lowest BCUT2D eigenvalue weighted by molar-refractivity contribution is -0.121. The minimum Gasteiger partial charge on any atom is -0.467 e. The third-order valence-corrected chi connectivity index (χ3v) is 3.77. The predicted octanol–water partition coefficient (Wildman–Crippen LogP) is 1.72. The Labute approximate surface area is 133 Å². The molecule has 0 fully saturated rings. The number of furan rings is 1. The van der Waals surface area contributed by atoms with Gasteiger partial charge in [0.05, 0.1) is 25.1 Å². The van der Waals surface area contributed by atoms with E-state index in [2.05, 4.69) is 10.0 Å². The lowest BCUT2D eigenvalue weighted by Gasteiger charge is -2.17. The molecule has 0 aliphatic rings. The van der Waals surface area contributed by atoms with Gasteiger partial charge in [0.15, 0.2) is 0 Å². The monoisotopic (exact) mass is 340 g/mol. The van der Waals surface area contributed by atoms with E-state index in [0.29, 0.717) is 11.3 Å². The Morgan fingerprint density at radius 2 is 1.96 bits per heavy atom. The summed E-state index contributed by atoms with van der Waals surface area (Å²) in [5.74, 6) is -0.200. The standard InChI is InChI=1S/C15H17FN2O4S/c1-23(20,21)18-14(11-4-6-12(16)7-5-11)9-15(19)17-10-13-3-2-8-22-13/h2-8,14,18H,9-10H2,1H3,(H,17,19)/t14-/m1/s1. The van der Waals surface area contributed by atoms with E-state index >= 15 is 0 Å². The molecule has 2 N–H and O–H groups in total. The number of halogens is 1. The predicted molar refractivity (Wildman–Crippen MR) is 82.3 cm³/mol. The van der Waals surface area contributed by atoms with E-state index in [9.17, 15) is 17.6 Å². The minimum atomic E-state index is -3.53. The van der Waals surface area contributed by atoms with Crippen molar-refractivity contribution in [2.45, 2.75) is 19.0 Å². The molecule has 0 radical (unpaired) electrons. The Morgan fingerprint density at radius 3 is 2.52 bits per heavy atom. The van der Waals surface area contributed by atoms with Crippen molar-refractivity contribution < 1.29 is 22.0 Å². The number of benzene rings is 1. The van der Waals surface area contributed by atoms with Crippen molar-refractivity contribution in [2.24, 2.45) is 0 Å². The van der Waals surface area contributed by atoms with Crippen LogP contribution in [0.25, 0.3) is 0 Å². The summed E-state index contributed by atoms with van der Waals surface area (Å²) in [6, 6.07) is 7.96. The fraction of sp³-hybridized carbons (Fsp3) is 0.267. The van der Waals surface area contributed by atoms with Crippen LogP contribution < -0.4 is 10.0 Å². The first-order chi connectivity index (χ1) is 10.8. The summed E-state index contributed by atoms with van der Waals surface area (Å²) in [5.41, 5.74) is 0.505. The van der Waals surface area contributed by atoms with Crippen LogP contribution in [0.5, 0.6) is 0 Å². The molecule has 0 bridgehead atoms. The van der Waals surface area contributed by atoms with Gasteiger partial charge in [-0.1, -0.05) is 12.1 Å². The number of carbonyl (C=O) groups excluding carboxylic acids is 1. The maximum absolute atomic E-state index is 13.0. The highest BCUT2D eigenvalue weighted by atomic mass is 32.2. The molecule has 1 aromatic carbocycles. The molecule has 1 aromatic heterocycles. The van der Waals surface area contributed by atoms with Crippen LogP contribution in [0.15, 0.2) is 47.1 Å². The highest BCUT2D eigenvalue weighted by Gasteiger charge is 2.20. The molecule has 2 aromatic rings. The molecular weight excluding hydrogens is 323 g/mol. The lowest BCUT2D eigenvalue weighted by Crippen LogP contribution is -2.33. The molecular formula is C15H17FN2O4S. The summed E-state index contributed by atoms with van der Waals surface area (Å²) in [7, 11) is -3.53. The average Bonchev–Trinajstić information content (AvgIpc) is 2.97. The van der Waals surface area contributed by atoms with Gasteiger partial charge in [-0.05, 0) is 29.8 Å². The maximum Gasteiger partial charge on any atom is 0.222 e. The first-order valence-corrected chi connectivity index (χ1v) is 8.74. The quantitative estimate of drug-likeness (QED) is 0.803. The maximum atomic E-state index is 13.0. The van der Waals surface area contributed by atoms with Gasteiger partial charge >= 0.3 is 0 Å². The number of carbonyl (C=O) groups is 1. The van der Waals surface area contributed by atoms with Crippen LogP contribution in [0.3, 0.4) is 0 Å². The molecule has 1 heterocycles. The van der Waals surface area contributed by atoms with Crippen molar-refractivity contribution in [3.05, 3.63) is 59.8 Å². The van der Waals surface area contributed by atoms with Gasteiger partial charge in [-0.2, -0.15) is 0 Å². The Balaban J connectivity index is 2.04. The van der Waals surface area contributed by atoms with E-state index in [1.54, 1.807) is 12.1 Å². The molecule has 23 heavy (non-hydrogen) atoms. The Bertz CT molecular complexity index is 742. The number of hydrogen-bond acceptors (Lipinski definition) is 4. The normalized spacial score (nSPS) is 12.8. The largest absolute Gasteiger partial charge is 0.467 e. The fourth-order valence-corrected chi connectivity index (χ4v) is 2.77. The zero-order chi connectivity index (χ0) is 16.9. The van der Waals surface area contributed by atoms with E-state index in [-0.39, 0.29) is 18.9 Å². The molecule has 1 atom stereocenters. The average molecular weight is 340 g/mol. The third-order valence-electron chi connectivity index (χ3n) is 3.06. The molecule has 0 aliphatic carbocycles. The second-order valence-corrected chi connectivity index (χ2v) is 6.83. The van der Waals surface area contributed by atoms with Gasteiger partial charge in [0, 0.05) is 6.42 Å². The van der Waals surface area contributed by atoms with Crippen LogP contribution >= 0.6 is 0 Å². The van der Waals surface area contributed by atoms with Gasteiger partial charge in [0.25, 0.3) is 0 Å². The van der Waals surface area contributed by atoms with Gasteiger partial charge < -0.3 is 9.73 Å². The first-order valence-electron chi connectivity index (χ1n) is 6.85. The molecule has 0 spiro atoms. The highest BCUT2D eigenvalue weighted by Crippen LogP contribution is 2.18. The van der Waals surface area contributed by atoms with Crippen molar-refractivity contribution >= 4 is 15.9 Å². The second-order valence-electron chi connectivity index (χ2n) is 5.05. The van der Waals surface area contributed by atoms with Gasteiger partial charge in [0.1, 0.15) is 11.6 Å². The zero-order valence-electron chi connectivity index (χ0n) is 12.5. The zero-order valence-corrected chi connectivity index (χ0v) is 13.3. The number of nitrogens with one attached hydrogen (secondary N) is 2. The van der Waals surface area contributed by atoms with Gasteiger partial charge in [-0.3, -0.25) is 4.79 Å². The van der Waals surface area contributed by atoms with Crippen LogP contribution in [0.1, 0.15) is 23.8 Å². The molecule has 0 saturated heterocycles. The molecule has 8 heteroatoms. The van der Waals surface area contributed by atoms with Crippen LogP contribution in [-0.2, 0) is 21.4 Å². The molecule has 0 saturated carbocycles. The summed E-state index contributed by atoms with van der Waals surface area (Å²) in [6.45, 7) is 0.209. The Kier molecular flexibility index (Phi) is 5.51. The van der Waals surface area contributed by atoms with E-state index in [1.165, 1.54) is 30.5 Å². The van der Waals surface area contributed by atoms with Gasteiger partial charge in [-0.15, -0.1) is 0 Å². The van der Waals surface area contributed by atoms with Crippen molar-refractivity contribution in [1.82, 2.24) is 10.0 Å². The Hall–Kier alpha value is -2.19. The van der Waals surface area contributed by atoms with Crippen LogP contribution in [-0.4, -0.2) is 20.6 Å². The van der Waals surface area contributed by atoms with E-state index in [1.807, 2.05) is 0 Å². The van der Waals surface area contributed by atoms with Crippen LogP contribution in [0.4, 0.5) is 4.39 Å². The van der Waals surface area contributed by atoms with Crippen molar-refractivity contribution in [3.8, 4) is 0 Å². The van der Waals surface area contributed by atoms with E-state index < -0.39 is 21.9 Å². The van der Waals surface area contributed by atoms with Crippen molar-refractivity contribution in [1.29, 1.82) is 0 Å². The van der Waals surface area contributed by atoms with Crippen LogP contribution in [0, 0.1) is 5.82 Å². The fourth-order valence-electron chi connectivity index (χ4n) is 2.04. The molecule has 0 unspecified atom stereocenters. The number of hydrogen-bond donors (Lipinski definition) is 2. The summed E-state index contributed by atoms with van der Waals surface area (Å²) in [4.78, 5) is 12.0. The van der Waals surface area contributed by atoms with Gasteiger partial charge in [-0.25, -0.2) is 17.5 Å². The number of amides is 1. The summed E-state index contributed by atoms with van der Waals surface area (Å²) in [6.07, 6.45) is 2.39. The smallest absolute Gasteiger partial charge is 0.222 e. The minimum absolute atomic E-state index is 0.112. The molecule has 1 amide bonds.